The molecule has 5 aromatic heterocycles. The van der Waals surface area contributed by atoms with Gasteiger partial charge in [-0.2, -0.15) is 0 Å². The van der Waals surface area contributed by atoms with Crippen molar-refractivity contribution in [1.82, 2.24) is 33.5 Å². The van der Waals surface area contributed by atoms with Crippen LogP contribution >= 0.6 is 0 Å². The summed E-state index contributed by atoms with van der Waals surface area (Å²) < 4.78 is 31.4. The van der Waals surface area contributed by atoms with Crippen LogP contribution in [0.1, 0.15) is 18.7 Å². The zero-order valence-corrected chi connectivity index (χ0v) is 16.9. The van der Waals surface area contributed by atoms with E-state index in [9.17, 15) is 18.7 Å². The highest BCUT2D eigenvalue weighted by molar-refractivity contribution is 5.74. The normalized spacial score (nSPS) is 12.6. The molecule has 0 spiro atoms. The molecule has 5 aromatic rings. The van der Waals surface area contributed by atoms with E-state index in [2.05, 4.69) is 19.9 Å². The molecule has 5 heterocycles. The summed E-state index contributed by atoms with van der Waals surface area (Å²) >= 11 is 0. The highest BCUT2D eigenvalue weighted by Gasteiger charge is 2.22. The molecule has 0 radical (unpaired) electrons. The van der Waals surface area contributed by atoms with Crippen LogP contribution in [0.3, 0.4) is 0 Å². The number of hydrogen-bond donors (Lipinski definition) is 1. The number of nitrogens with zero attached hydrogens (tertiary/aromatic N) is 7. The van der Waals surface area contributed by atoms with Crippen molar-refractivity contribution in [2.75, 3.05) is 6.61 Å². The van der Waals surface area contributed by atoms with Gasteiger partial charge in [-0.1, -0.05) is 0 Å². The quantitative estimate of drug-likeness (QED) is 0.452. The Labute approximate surface area is 179 Å². The summed E-state index contributed by atoms with van der Waals surface area (Å²) in [7, 11) is 0. The molecule has 162 valence electrons. The Balaban J connectivity index is 1.74. The van der Waals surface area contributed by atoms with Gasteiger partial charge < -0.3 is 5.11 Å². The van der Waals surface area contributed by atoms with Crippen LogP contribution in [0.15, 0.2) is 53.8 Å². The van der Waals surface area contributed by atoms with Gasteiger partial charge in [-0.25, -0.2) is 28.5 Å². The summed E-state index contributed by atoms with van der Waals surface area (Å²) in [6.07, 6.45) is 5.36. The van der Waals surface area contributed by atoms with Gasteiger partial charge in [0.25, 0.3) is 0 Å². The van der Waals surface area contributed by atoms with E-state index in [4.69, 9.17) is 0 Å². The standard InChI is InChI=1S/C21H17F2N7O2/c1-12(15-4-2-13(22)8-24-15)30-20-17(28(6-7-31)21(30)32)10-26-19(27-20)16-9-25-18-5-3-14(23)11-29(16)18/h2-5,8-12,31H,6-7H2,1H3/t12-/m1/s1. The average molecular weight is 437 g/mol. The lowest BCUT2D eigenvalue weighted by atomic mass is 10.2. The van der Waals surface area contributed by atoms with E-state index in [0.29, 0.717) is 28.2 Å². The second-order valence-corrected chi connectivity index (χ2v) is 7.23. The van der Waals surface area contributed by atoms with Crippen LogP contribution in [0.5, 0.6) is 0 Å². The fourth-order valence-electron chi connectivity index (χ4n) is 3.73. The molecule has 9 nitrogen and oxygen atoms in total. The predicted octanol–water partition coefficient (Wildman–Crippen LogP) is 2.18. The first-order valence-corrected chi connectivity index (χ1v) is 9.81. The fourth-order valence-corrected chi connectivity index (χ4v) is 3.73. The van der Waals surface area contributed by atoms with Gasteiger partial charge in [0.1, 0.15) is 28.5 Å². The summed E-state index contributed by atoms with van der Waals surface area (Å²) in [5.74, 6) is -0.690. The first-order chi connectivity index (χ1) is 15.5. The maximum Gasteiger partial charge on any atom is 0.331 e. The van der Waals surface area contributed by atoms with Gasteiger partial charge in [-0.3, -0.25) is 18.5 Å². The van der Waals surface area contributed by atoms with Crippen LogP contribution in [0.4, 0.5) is 8.78 Å². The highest BCUT2D eigenvalue weighted by Crippen LogP contribution is 2.23. The lowest BCUT2D eigenvalue weighted by molar-refractivity contribution is 0.275. The van der Waals surface area contributed by atoms with Crippen molar-refractivity contribution in [3.63, 3.8) is 0 Å². The number of aromatic nitrogens is 7. The van der Waals surface area contributed by atoms with Crippen LogP contribution < -0.4 is 5.69 Å². The SMILES string of the molecule is C[C@H](c1ccc(F)cn1)n1c(=O)n(CCO)c2cnc(-c3cnc4ccc(F)cn34)nc21. The lowest BCUT2D eigenvalue weighted by Gasteiger charge is -2.12. The van der Waals surface area contributed by atoms with E-state index in [1.54, 1.807) is 6.92 Å². The molecular formula is C21H17F2N7O2. The van der Waals surface area contributed by atoms with Gasteiger partial charge in [0.15, 0.2) is 11.5 Å². The van der Waals surface area contributed by atoms with Crippen molar-refractivity contribution in [3.8, 4) is 11.5 Å². The minimum Gasteiger partial charge on any atom is -0.395 e. The molecule has 0 amide bonds. The van der Waals surface area contributed by atoms with Crippen molar-refractivity contribution < 1.29 is 13.9 Å². The molecule has 0 aliphatic rings. The largest absolute Gasteiger partial charge is 0.395 e. The molecule has 0 saturated carbocycles. The minimum atomic E-state index is -0.576. The number of imidazole rings is 2. The number of fused-ring (bicyclic) bond motifs is 2. The number of aliphatic hydroxyl groups is 1. The van der Waals surface area contributed by atoms with Crippen LogP contribution in [-0.4, -0.2) is 45.2 Å². The van der Waals surface area contributed by atoms with E-state index in [1.807, 2.05) is 0 Å². The number of halogens is 2. The molecule has 0 fully saturated rings. The smallest absolute Gasteiger partial charge is 0.331 e. The molecule has 1 atom stereocenters. The first kappa shape index (κ1) is 19.9. The van der Waals surface area contributed by atoms with Gasteiger partial charge in [0.2, 0.25) is 0 Å². The Bertz CT molecular complexity index is 1500. The van der Waals surface area contributed by atoms with E-state index in [0.717, 1.165) is 6.20 Å². The van der Waals surface area contributed by atoms with Gasteiger partial charge in [0, 0.05) is 6.20 Å². The van der Waals surface area contributed by atoms with Crippen LogP contribution in [0.25, 0.3) is 28.3 Å². The van der Waals surface area contributed by atoms with E-state index in [1.165, 1.54) is 56.4 Å². The fraction of sp³-hybridized carbons (Fsp3) is 0.190. The highest BCUT2D eigenvalue weighted by atomic mass is 19.1. The van der Waals surface area contributed by atoms with Crippen molar-refractivity contribution in [2.24, 2.45) is 0 Å². The summed E-state index contributed by atoms with van der Waals surface area (Å²) in [6.45, 7) is 1.54. The molecule has 0 aromatic carbocycles. The Morgan fingerprint density at radius 2 is 1.84 bits per heavy atom. The van der Waals surface area contributed by atoms with Crippen molar-refractivity contribution in [1.29, 1.82) is 0 Å². The Kier molecular flexibility index (Phi) is 4.74. The molecular weight excluding hydrogens is 420 g/mol. The number of pyridine rings is 2. The third kappa shape index (κ3) is 3.14. The van der Waals surface area contributed by atoms with Crippen LogP contribution in [0, 0.1) is 11.6 Å². The summed E-state index contributed by atoms with van der Waals surface area (Å²) in [6, 6.07) is 5.03. The molecule has 0 aliphatic carbocycles. The summed E-state index contributed by atoms with van der Waals surface area (Å²) in [4.78, 5) is 30.5. The first-order valence-electron chi connectivity index (χ1n) is 9.81. The summed E-state index contributed by atoms with van der Waals surface area (Å²) in [5, 5.41) is 9.44. The molecule has 0 bridgehead atoms. The number of aliphatic hydroxyl groups excluding tert-OH is 1. The zero-order valence-electron chi connectivity index (χ0n) is 16.9. The third-order valence-corrected chi connectivity index (χ3v) is 5.29. The summed E-state index contributed by atoms with van der Waals surface area (Å²) in [5.41, 5.74) is 1.74. The Morgan fingerprint density at radius 3 is 2.59 bits per heavy atom. The van der Waals surface area contributed by atoms with Crippen molar-refractivity contribution in [3.05, 3.63) is 76.9 Å². The molecule has 11 heteroatoms. The molecule has 32 heavy (non-hydrogen) atoms. The minimum absolute atomic E-state index is 0.0510. The maximum atomic E-state index is 13.8. The lowest BCUT2D eigenvalue weighted by Crippen LogP contribution is -2.28. The zero-order chi connectivity index (χ0) is 22.4. The van der Waals surface area contributed by atoms with Crippen LogP contribution in [-0.2, 0) is 6.54 Å². The molecule has 5 rings (SSSR count). The second-order valence-electron chi connectivity index (χ2n) is 7.23. The number of hydrogen-bond acceptors (Lipinski definition) is 6. The molecule has 0 saturated heterocycles. The second kappa shape index (κ2) is 7.61. The van der Waals surface area contributed by atoms with Gasteiger partial charge in [-0.05, 0) is 31.2 Å². The topological polar surface area (TPSA) is 103 Å². The van der Waals surface area contributed by atoms with Gasteiger partial charge in [0.05, 0.1) is 43.5 Å². The van der Waals surface area contributed by atoms with E-state index in [-0.39, 0.29) is 19.0 Å². The monoisotopic (exact) mass is 437 g/mol. The molecule has 0 aliphatic heterocycles. The Hall–Kier alpha value is -3.99. The van der Waals surface area contributed by atoms with Crippen LogP contribution in [0.2, 0.25) is 0 Å². The average Bonchev–Trinajstić information content (AvgIpc) is 3.32. The number of rotatable bonds is 5. The van der Waals surface area contributed by atoms with E-state index < -0.39 is 23.4 Å². The van der Waals surface area contributed by atoms with Gasteiger partial charge >= 0.3 is 5.69 Å². The van der Waals surface area contributed by atoms with Crippen molar-refractivity contribution in [2.45, 2.75) is 19.5 Å². The maximum absolute atomic E-state index is 13.8. The molecule has 1 N–H and O–H groups in total. The predicted molar refractivity (Wildman–Crippen MR) is 111 cm³/mol. The molecule has 0 unspecified atom stereocenters. The Morgan fingerprint density at radius 1 is 1.03 bits per heavy atom. The van der Waals surface area contributed by atoms with Crippen molar-refractivity contribution >= 4 is 16.8 Å². The third-order valence-electron chi connectivity index (χ3n) is 5.29. The van der Waals surface area contributed by atoms with Gasteiger partial charge in [-0.15, -0.1) is 0 Å². The van der Waals surface area contributed by atoms with E-state index >= 15 is 0 Å².